The number of para-hydroxylation sites is 1. The molecule has 2 aliphatic heterocycles. The van der Waals surface area contributed by atoms with Gasteiger partial charge in [-0.05, 0) is 42.7 Å². The number of primary amides is 1. The van der Waals surface area contributed by atoms with Gasteiger partial charge in [-0.3, -0.25) is 4.79 Å². The summed E-state index contributed by atoms with van der Waals surface area (Å²) >= 11 is 0. The van der Waals surface area contributed by atoms with Crippen LogP contribution in [0, 0.1) is 5.92 Å². The predicted molar refractivity (Wildman–Crippen MR) is 78.8 cm³/mol. The Hall–Kier alpha value is -1.55. The minimum atomic E-state index is -0.260. The van der Waals surface area contributed by atoms with Gasteiger partial charge in [-0.1, -0.05) is 18.2 Å². The molecule has 0 saturated carbocycles. The van der Waals surface area contributed by atoms with Crippen LogP contribution in [0.3, 0.4) is 0 Å². The van der Waals surface area contributed by atoms with Crippen LogP contribution in [-0.4, -0.2) is 32.2 Å². The van der Waals surface area contributed by atoms with Crippen molar-refractivity contribution in [2.24, 2.45) is 11.7 Å². The first-order valence-electron chi connectivity index (χ1n) is 7.45. The second-order valence-electron chi connectivity index (χ2n) is 5.79. The van der Waals surface area contributed by atoms with Crippen molar-refractivity contribution in [3.05, 3.63) is 29.8 Å². The van der Waals surface area contributed by atoms with E-state index in [0.29, 0.717) is 18.4 Å². The van der Waals surface area contributed by atoms with Crippen molar-refractivity contribution in [2.45, 2.75) is 25.2 Å². The number of ether oxygens (including phenoxy) is 1. The zero-order valence-electron chi connectivity index (χ0n) is 11.8. The molecule has 1 fully saturated rings. The smallest absolute Gasteiger partial charge is 0.236 e. The molecule has 0 unspecified atom stereocenters. The van der Waals surface area contributed by atoms with Gasteiger partial charge in [-0.15, -0.1) is 0 Å². The van der Waals surface area contributed by atoms with Gasteiger partial charge >= 0.3 is 0 Å². The normalized spacial score (nSPS) is 23.4. The third-order valence-electron chi connectivity index (χ3n) is 4.57. The van der Waals surface area contributed by atoms with Gasteiger partial charge in [0.05, 0.1) is 6.54 Å². The zero-order valence-corrected chi connectivity index (χ0v) is 11.8. The summed E-state index contributed by atoms with van der Waals surface area (Å²) < 4.78 is 5.48. The molecule has 1 aromatic rings. The molecule has 1 saturated heterocycles. The number of rotatable bonds is 3. The van der Waals surface area contributed by atoms with E-state index in [4.69, 9.17) is 10.5 Å². The lowest BCUT2D eigenvalue weighted by molar-refractivity contribution is -0.116. The zero-order chi connectivity index (χ0) is 13.9. The van der Waals surface area contributed by atoms with Gasteiger partial charge in [0.25, 0.3) is 0 Å². The Morgan fingerprint density at radius 2 is 2.00 bits per heavy atom. The number of nitrogens with zero attached hydrogens (tertiary/aromatic N) is 1. The summed E-state index contributed by atoms with van der Waals surface area (Å²) in [5.41, 5.74) is 7.93. The van der Waals surface area contributed by atoms with Crippen molar-refractivity contribution in [1.82, 2.24) is 0 Å². The van der Waals surface area contributed by atoms with E-state index < -0.39 is 0 Å². The van der Waals surface area contributed by atoms with E-state index in [2.05, 4.69) is 23.1 Å². The van der Waals surface area contributed by atoms with Crippen molar-refractivity contribution < 1.29 is 9.53 Å². The van der Waals surface area contributed by atoms with E-state index in [1.54, 1.807) is 0 Å². The first kappa shape index (κ1) is 13.4. The van der Waals surface area contributed by atoms with Crippen LogP contribution in [0.2, 0.25) is 0 Å². The highest BCUT2D eigenvalue weighted by atomic mass is 16.5. The predicted octanol–water partition coefficient (Wildman–Crippen LogP) is 1.89. The molecule has 2 N–H and O–H groups in total. The molecule has 0 spiro atoms. The Bertz CT molecular complexity index is 483. The van der Waals surface area contributed by atoms with E-state index in [0.717, 1.165) is 39.0 Å². The van der Waals surface area contributed by atoms with Gasteiger partial charge < -0.3 is 15.4 Å². The molecule has 0 aliphatic carbocycles. The van der Waals surface area contributed by atoms with Gasteiger partial charge in [0, 0.05) is 25.4 Å². The Kier molecular flexibility index (Phi) is 3.92. The van der Waals surface area contributed by atoms with Crippen LogP contribution >= 0.6 is 0 Å². The monoisotopic (exact) mass is 274 g/mol. The molecule has 108 valence electrons. The number of carbonyl (C=O) groups excluding carboxylic acids is 1. The number of fused-ring (bicyclic) bond motifs is 1. The topological polar surface area (TPSA) is 55.6 Å². The molecule has 1 amide bonds. The molecular weight excluding hydrogens is 252 g/mol. The third kappa shape index (κ3) is 2.66. The molecule has 0 aromatic heterocycles. The molecule has 0 bridgehead atoms. The standard InChI is InChI=1S/C16H22N2O2/c17-16(19)11-18-8-5-13(12-6-9-20-10-7-12)14-3-1-2-4-15(14)18/h1-4,12-13H,5-11H2,(H2,17,19)/t13-/m1/s1. The van der Waals surface area contributed by atoms with Gasteiger partial charge in [0.15, 0.2) is 0 Å². The quantitative estimate of drug-likeness (QED) is 0.915. The second-order valence-corrected chi connectivity index (χ2v) is 5.79. The molecular formula is C16H22N2O2. The Morgan fingerprint density at radius 1 is 1.25 bits per heavy atom. The second kappa shape index (κ2) is 5.83. The van der Waals surface area contributed by atoms with Crippen LogP contribution in [0.5, 0.6) is 0 Å². The fourth-order valence-corrected chi connectivity index (χ4v) is 3.62. The summed E-state index contributed by atoms with van der Waals surface area (Å²) in [7, 11) is 0. The minimum absolute atomic E-state index is 0.260. The minimum Gasteiger partial charge on any atom is -0.381 e. The number of amides is 1. The SMILES string of the molecule is NC(=O)CN1CC[C@H](C2CCOCC2)c2ccccc21. The van der Waals surface area contributed by atoms with E-state index >= 15 is 0 Å². The summed E-state index contributed by atoms with van der Waals surface area (Å²) in [5.74, 6) is 1.05. The summed E-state index contributed by atoms with van der Waals surface area (Å²) in [5, 5.41) is 0. The fourth-order valence-electron chi connectivity index (χ4n) is 3.62. The van der Waals surface area contributed by atoms with E-state index in [-0.39, 0.29) is 5.91 Å². The fraction of sp³-hybridized carbons (Fsp3) is 0.562. The van der Waals surface area contributed by atoms with Crippen LogP contribution in [0.1, 0.15) is 30.7 Å². The van der Waals surface area contributed by atoms with Crippen molar-refractivity contribution in [2.75, 3.05) is 31.2 Å². The Labute approximate surface area is 119 Å². The maximum atomic E-state index is 11.2. The maximum absolute atomic E-state index is 11.2. The number of hydrogen-bond donors (Lipinski definition) is 1. The Morgan fingerprint density at radius 3 is 2.75 bits per heavy atom. The molecule has 1 atom stereocenters. The van der Waals surface area contributed by atoms with E-state index in [9.17, 15) is 4.79 Å². The molecule has 4 heteroatoms. The van der Waals surface area contributed by atoms with Crippen LogP contribution < -0.4 is 10.6 Å². The average Bonchev–Trinajstić information content (AvgIpc) is 2.48. The summed E-state index contributed by atoms with van der Waals surface area (Å²) in [4.78, 5) is 13.3. The Balaban J connectivity index is 1.86. The van der Waals surface area contributed by atoms with Gasteiger partial charge in [-0.25, -0.2) is 0 Å². The number of anilines is 1. The maximum Gasteiger partial charge on any atom is 0.236 e. The largest absolute Gasteiger partial charge is 0.381 e. The molecule has 3 rings (SSSR count). The highest BCUT2D eigenvalue weighted by Gasteiger charge is 2.31. The molecule has 2 aliphatic rings. The lowest BCUT2D eigenvalue weighted by Gasteiger charge is -2.39. The molecule has 2 heterocycles. The van der Waals surface area contributed by atoms with Crippen molar-refractivity contribution >= 4 is 11.6 Å². The molecule has 0 radical (unpaired) electrons. The van der Waals surface area contributed by atoms with Crippen molar-refractivity contribution in [3.8, 4) is 0 Å². The highest BCUT2D eigenvalue weighted by Crippen LogP contribution is 2.42. The van der Waals surface area contributed by atoms with Gasteiger partial charge in [-0.2, -0.15) is 0 Å². The van der Waals surface area contributed by atoms with Crippen molar-refractivity contribution in [3.63, 3.8) is 0 Å². The first-order chi connectivity index (χ1) is 9.75. The third-order valence-corrected chi connectivity index (χ3v) is 4.57. The van der Waals surface area contributed by atoms with Crippen LogP contribution in [-0.2, 0) is 9.53 Å². The summed E-state index contributed by atoms with van der Waals surface area (Å²) in [6.07, 6.45) is 3.40. The molecule has 4 nitrogen and oxygen atoms in total. The highest BCUT2D eigenvalue weighted by molar-refractivity contribution is 5.80. The lowest BCUT2D eigenvalue weighted by Crippen LogP contribution is -2.39. The van der Waals surface area contributed by atoms with Crippen molar-refractivity contribution in [1.29, 1.82) is 0 Å². The molecule has 1 aromatic carbocycles. The number of hydrogen-bond acceptors (Lipinski definition) is 3. The van der Waals surface area contributed by atoms with Crippen LogP contribution in [0.15, 0.2) is 24.3 Å². The van der Waals surface area contributed by atoms with Gasteiger partial charge in [0.2, 0.25) is 5.91 Å². The summed E-state index contributed by atoms with van der Waals surface area (Å²) in [6.45, 7) is 3.00. The number of nitrogens with two attached hydrogens (primary N) is 1. The summed E-state index contributed by atoms with van der Waals surface area (Å²) in [6, 6.07) is 8.46. The van der Waals surface area contributed by atoms with E-state index in [1.807, 2.05) is 6.07 Å². The van der Waals surface area contributed by atoms with Crippen LogP contribution in [0.4, 0.5) is 5.69 Å². The molecule has 20 heavy (non-hydrogen) atoms. The van der Waals surface area contributed by atoms with E-state index in [1.165, 1.54) is 11.3 Å². The number of carbonyl (C=O) groups is 1. The van der Waals surface area contributed by atoms with Gasteiger partial charge in [0.1, 0.15) is 0 Å². The average molecular weight is 274 g/mol. The number of benzene rings is 1. The van der Waals surface area contributed by atoms with Crippen LogP contribution in [0.25, 0.3) is 0 Å². The lowest BCUT2D eigenvalue weighted by atomic mass is 9.77. The first-order valence-corrected chi connectivity index (χ1v) is 7.45.